The van der Waals surface area contributed by atoms with Crippen LogP contribution in [0, 0.1) is 0 Å². The zero-order valence-electron chi connectivity index (χ0n) is 11.4. The van der Waals surface area contributed by atoms with Gasteiger partial charge in [0.2, 0.25) is 0 Å². The molecule has 0 aliphatic heterocycles. The molecule has 0 aromatic heterocycles. The highest BCUT2D eigenvalue weighted by atomic mass is 16.6. The molecule has 1 saturated carbocycles. The maximum absolute atomic E-state index is 11.5. The molecule has 2 atom stereocenters. The first-order chi connectivity index (χ1) is 9.26. The van der Waals surface area contributed by atoms with Crippen LogP contribution in [0.4, 0.5) is 0 Å². The first-order valence-corrected chi connectivity index (χ1v) is 6.64. The summed E-state index contributed by atoms with van der Waals surface area (Å²) in [6.07, 6.45) is 0.721. The molecule has 0 amide bonds. The molecule has 4 heteroatoms. The zero-order valence-corrected chi connectivity index (χ0v) is 11.4. The van der Waals surface area contributed by atoms with E-state index < -0.39 is 6.10 Å². The number of hydrogen-bond acceptors (Lipinski definition) is 4. The van der Waals surface area contributed by atoms with Gasteiger partial charge in [-0.15, -0.1) is 0 Å². The molecule has 2 unspecified atom stereocenters. The lowest BCUT2D eigenvalue weighted by Crippen LogP contribution is -2.52. The smallest absolute Gasteiger partial charge is 0.169 e. The predicted octanol–water partition coefficient (Wildman–Crippen LogP) is 2.00. The molecule has 19 heavy (non-hydrogen) atoms. The number of carbonyl (C=O) groups is 1. The molecule has 4 nitrogen and oxygen atoms in total. The van der Waals surface area contributed by atoms with E-state index in [1.54, 1.807) is 7.11 Å². The van der Waals surface area contributed by atoms with Gasteiger partial charge in [0.1, 0.15) is 11.9 Å². The molecule has 1 aliphatic rings. The molecule has 0 saturated heterocycles. The summed E-state index contributed by atoms with van der Waals surface area (Å²) < 4.78 is 16.3. The summed E-state index contributed by atoms with van der Waals surface area (Å²) in [4.78, 5) is 11.5. The largest absolute Gasteiger partial charge is 0.486 e. The Morgan fingerprint density at radius 3 is 2.74 bits per heavy atom. The quantitative estimate of drug-likeness (QED) is 0.707. The lowest BCUT2D eigenvalue weighted by molar-refractivity contribution is -0.156. The predicted molar refractivity (Wildman–Crippen MR) is 71.5 cm³/mol. The van der Waals surface area contributed by atoms with Crippen molar-refractivity contribution >= 4 is 5.78 Å². The van der Waals surface area contributed by atoms with Gasteiger partial charge in [-0.25, -0.2) is 0 Å². The van der Waals surface area contributed by atoms with Gasteiger partial charge in [0.05, 0.1) is 13.2 Å². The number of ketones is 1. The first-order valence-electron chi connectivity index (χ1n) is 6.64. The van der Waals surface area contributed by atoms with Crippen LogP contribution in [0.15, 0.2) is 24.3 Å². The van der Waals surface area contributed by atoms with Gasteiger partial charge < -0.3 is 14.2 Å². The highest BCUT2D eigenvalue weighted by Gasteiger charge is 2.42. The Balaban J connectivity index is 1.93. The van der Waals surface area contributed by atoms with Crippen molar-refractivity contribution in [3.05, 3.63) is 29.8 Å². The minimum Gasteiger partial charge on any atom is -0.486 e. The van der Waals surface area contributed by atoms with Crippen LogP contribution in [0.25, 0.3) is 0 Å². The number of carbonyl (C=O) groups excluding carboxylic acids is 1. The summed E-state index contributed by atoms with van der Waals surface area (Å²) in [5.74, 6) is 0.956. The Morgan fingerprint density at radius 2 is 2.05 bits per heavy atom. The van der Waals surface area contributed by atoms with E-state index in [-0.39, 0.29) is 11.9 Å². The molecule has 0 radical (unpaired) electrons. The van der Waals surface area contributed by atoms with Crippen LogP contribution < -0.4 is 4.74 Å². The standard InChI is InChI=1S/C15H20O4/c1-3-11-6-4-5-7-13(11)19-14-10-12(16)15(14)18-9-8-17-2/h4-7,14-15H,3,8-10H2,1-2H3. The molecular weight excluding hydrogens is 244 g/mol. The van der Waals surface area contributed by atoms with Crippen molar-refractivity contribution in [1.29, 1.82) is 0 Å². The number of rotatable bonds is 7. The molecule has 104 valence electrons. The number of aryl methyl sites for hydroxylation is 1. The van der Waals surface area contributed by atoms with Gasteiger partial charge in [-0.2, -0.15) is 0 Å². The molecule has 0 bridgehead atoms. The molecule has 1 aromatic rings. The molecule has 0 heterocycles. The minimum atomic E-state index is -0.444. The normalized spacial score (nSPS) is 22.1. The van der Waals surface area contributed by atoms with Crippen molar-refractivity contribution in [1.82, 2.24) is 0 Å². The van der Waals surface area contributed by atoms with Crippen molar-refractivity contribution in [3.8, 4) is 5.75 Å². The van der Waals surface area contributed by atoms with Gasteiger partial charge in [-0.1, -0.05) is 25.1 Å². The van der Waals surface area contributed by atoms with Crippen LogP contribution in [-0.2, 0) is 20.7 Å². The van der Waals surface area contributed by atoms with Crippen molar-refractivity contribution in [2.24, 2.45) is 0 Å². The third kappa shape index (κ3) is 3.33. The van der Waals surface area contributed by atoms with Crippen molar-refractivity contribution in [3.63, 3.8) is 0 Å². The average Bonchev–Trinajstić information content (AvgIpc) is 2.43. The van der Waals surface area contributed by atoms with Crippen molar-refractivity contribution in [2.45, 2.75) is 32.0 Å². The summed E-state index contributed by atoms with van der Waals surface area (Å²) in [6, 6.07) is 7.91. The monoisotopic (exact) mass is 264 g/mol. The highest BCUT2D eigenvalue weighted by molar-refractivity contribution is 5.90. The molecule has 0 spiro atoms. The van der Waals surface area contributed by atoms with Crippen LogP contribution in [0.3, 0.4) is 0 Å². The van der Waals surface area contributed by atoms with Crippen LogP contribution in [0.2, 0.25) is 0 Å². The van der Waals surface area contributed by atoms with Crippen LogP contribution in [0.5, 0.6) is 5.75 Å². The zero-order chi connectivity index (χ0) is 13.7. The van der Waals surface area contributed by atoms with Gasteiger partial charge in [-0.05, 0) is 18.1 Å². The van der Waals surface area contributed by atoms with Crippen LogP contribution in [0.1, 0.15) is 18.9 Å². The fraction of sp³-hybridized carbons (Fsp3) is 0.533. The van der Waals surface area contributed by atoms with Gasteiger partial charge in [0, 0.05) is 13.5 Å². The number of hydrogen-bond donors (Lipinski definition) is 0. The fourth-order valence-electron chi connectivity index (χ4n) is 2.10. The molecule has 0 N–H and O–H groups in total. The molecular formula is C15H20O4. The number of para-hydroxylation sites is 1. The van der Waals surface area contributed by atoms with Crippen molar-refractivity contribution < 1.29 is 19.0 Å². The van der Waals surface area contributed by atoms with E-state index in [9.17, 15) is 4.79 Å². The minimum absolute atomic E-state index is 0.107. The Hall–Kier alpha value is -1.39. The van der Waals surface area contributed by atoms with Crippen molar-refractivity contribution in [2.75, 3.05) is 20.3 Å². The van der Waals surface area contributed by atoms with E-state index in [0.717, 1.165) is 17.7 Å². The average molecular weight is 264 g/mol. The van der Waals surface area contributed by atoms with Crippen LogP contribution in [-0.4, -0.2) is 38.3 Å². The Labute approximate surface area is 113 Å². The van der Waals surface area contributed by atoms with Gasteiger partial charge in [0.15, 0.2) is 11.9 Å². The second-order valence-electron chi connectivity index (χ2n) is 4.57. The van der Waals surface area contributed by atoms with Gasteiger partial charge in [-0.3, -0.25) is 4.79 Å². The topological polar surface area (TPSA) is 44.8 Å². The lowest BCUT2D eigenvalue weighted by Gasteiger charge is -2.35. The summed E-state index contributed by atoms with van der Waals surface area (Å²) >= 11 is 0. The molecule has 1 aliphatic carbocycles. The Kier molecular flexibility index (Phi) is 4.93. The molecule has 1 aromatic carbocycles. The maximum Gasteiger partial charge on any atom is 0.169 e. The summed E-state index contributed by atoms with van der Waals surface area (Å²) in [7, 11) is 1.61. The van der Waals surface area contributed by atoms with Crippen LogP contribution >= 0.6 is 0 Å². The summed E-state index contributed by atoms with van der Waals surface area (Å²) in [6.45, 7) is 2.99. The fourth-order valence-corrected chi connectivity index (χ4v) is 2.10. The Bertz CT molecular complexity index is 430. The number of benzene rings is 1. The van der Waals surface area contributed by atoms with E-state index in [0.29, 0.717) is 19.6 Å². The highest BCUT2D eigenvalue weighted by Crippen LogP contribution is 2.28. The summed E-state index contributed by atoms with van der Waals surface area (Å²) in [5.41, 5.74) is 1.15. The maximum atomic E-state index is 11.5. The second kappa shape index (κ2) is 6.68. The van der Waals surface area contributed by atoms with E-state index in [2.05, 4.69) is 6.92 Å². The number of ether oxygens (including phenoxy) is 3. The van der Waals surface area contributed by atoms with Gasteiger partial charge >= 0.3 is 0 Å². The molecule has 1 fully saturated rings. The number of methoxy groups -OCH3 is 1. The molecule has 2 rings (SSSR count). The van der Waals surface area contributed by atoms with E-state index in [1.165, 1.54) is 0 Å². The third-order valence-electron chi connectivity index (χ3n) is 3.27. The summed E-state index contributed by atoms with van der Waals surface area (Å²) in [5, 5.41) is 0. The van der Waals surface area contributed by atoms with E-state index >= 15 is 0 Å². The second-order valence-corrected chi connectivity index (χ2v) is 4.57. The van der Waals surface area contributed by atoms with E-state index in [4.69, 9.17) is 14.2 Å². The Morgan fingerprint density at radius 1 is 1.26 bits per heavy atom. The number of Topliss-reactive ketones (excluding diaryl/α,β-unsaturated/α-hetero) is 1. The SMILES string of the molecule is CCc1ccccc1OC1CC(=O)C1OCCOC. The lowest BCUT2D eigenvalue weighted by atomic mass is 9.90. The third-order valence-corrected chi connectivity index (χ3v) is 3.27. The first kappa shape index (κ1) is 14.0. The van der Waals surface area contributed by atoms with Gasteiger partial charge in [0.25, 0.3) is 0 Å². The van der Waals surface area contributed by atoms with E-state index in [1.807, 2.05) is 24.3 Å².